The van der Waals surface area contributed by atoms with Crippen LogP contribution in [0.25, 0.3) is 0 Å². The lowest BCUT2D eigenvalue weighted by Crippen LogP contribution is -2.37. The van der Waals surface area contributed by atoms with Crippen LogP contribution in [0.5, 0.6) is 0 Å². The van der Waals surface area contributed by atoms with Crippen LogP contribution in [0.1, 0.15) is 17.0 Å². The number of hydrogen-bond acceptors (Lipinski definition) is 3. The van der Waals surface area contributed by atoms with Gasteiger partial charge in [-0.15, -0.1) is 24.8 Å². The summed E-state index contributed by atoms with van der Waals surface area (Å²) in [5.74, 6) is 0.0375. The SMILES string of the molecule is Cc1cc(C)n(CC(=O)N(CCN)Cc2ccccc2)n1.Cl.Cl. The third-order valence-electron chi connectivity index (χ3n) is 3.36. The first-order valence-corrected chi connectivity index (χ1v) is 7.13. The van der Waals surface area contributed by atoms with Crippen molar-refractivity contribution >= 4 is 30.7 Å². The number of aromatic nitrogens is 2. The van der Waals surface area contributed by atoms with Gasteiger partial charge in [-0.2, -0.15) is 5.10 Å². The lowest BCUT2D eigenvalue weighted by Gasteiger charge is -2.22. The van der Waals surface area contributed by atoms with E-state index in [1.165, 1.54) is 0 Å². The maximum Gasteiger partial charge on any atom is 0.244 e. The van der Waals surface area contributed by atoms with E-state index in [2.05, 4.69) is 5.10 Å². The molecule has 128 valence electrons. The zero-order chi connectivity index (χ0) is 15.2. The van der Waals surface area contributed by atoms with Crippen molar-refractivity contribution in [1.29, 1.82) is 0 Å². The van der Waals surface area contributed by atoms with E-state index in [1.54, 1.807) is 9.58 Å². The Morgan fingerprint density at radius 1 is 1.22 bits per heavy atom. The van der Waals surface area contributed by atoms with Gasteiger partial charge in [0, 0.05) is 25.3 Å². The number of nitrogens with two attached hydrogens (primary N) is 1. The lowest BCUT2D eigenvalue weighted by atomic mass is 10.2. The van der Waals surface area contributed by atoms with Crippen LogP contribution < -0.4 is 5.73 Å². The fourth-order valence-corrected chi connectivity index (χ4v) is 2.31. The molecular weight excluding hydrogens is 335 g/mol. The molecular formula is C16H24Cl2N4O. The topological polar surface area (TPSA) is 64.2 Å². The van der Waals surface area contributed by atoms with Gasteiger partial charge in [-0.05, 0) is 25.5 Å². The van der Waals surface area contributed by atoms with Crippen LogP contribution in [-0.4, -0.2) is 33.7 Å². The fraction of sp³-hybridized carbons (Fsp3) is 0.375. The van der Waals surface area contributed by atoms with Gasteiger partial charge in [0.05, 0.1) is 5.69 Å². The average molecular weight is 359 g/mol. The Bertz CT molecular complexity index is 601. The monoisotopic (exact) mass is 358 g/mol. The maximum atomic E-state index is 12.5. The Balaban J connectivity index is 0.00000242. The summed E-state index contributed by atoms with van der Waals surface area (Å²) in [4.78, 5) is 14.3. The minimum absolute atomic E-state index is 0. The zero-order valence-electron chi connectivity index (χ0n) is 13.4. The number of hydrogen-bond donors (Lipinski definition) is 1. The highest BCUT2D eigenvalue weighted by atomic mass is 35.5. The summed E-state index contributed by atoms with van der Waals surface area (Å²) in [5.41, 5.74) is 8.65. The van der Waals surface area contributed by atoms with Crippen LogP contribution in [0, 0.1) is 13.8 Å². The van der Waals surface area contributed by atoms with Crippen LogP contribution >= 0.6 is 24.8 Å². The minimum atomic E-state index is 0. The predicted octanol–water partition coefficient (Wildman–Crippen LogP) is 2.33. The van der Waals surface area contributed by atoms with Crippen LogP contribution in [0.3, 0.4) is 0 Å². The normalized spacial score (nSPS) is 9.70. The first kappa shape index (κ1) is 21.4. The molecule has 0 atom stereocenters. The Morgan fingerprint density at radius 3 is 2.39 bits per heavy atom. The molecule has 1 amide bonds. The second-order valence-electron chi connectivity index (χ2n) is 5.17. The molecule has 7 heteroatoms. The Hall–Kier alpha value is -1.56. The smallest absolute Gasteiger partial charge is 0.244 e. The van der Waals surface area contributed by atoms with Gasteiger partial charge in [0.15, 0.2) is 0 Å². The van der Waals surface area contributed by atoms with Gasteiger partial charge in [0.25, 0.3) is 0 Å². The maximum absolute atomic E-state index is 12.5. The standard InChI is InChI=1S/C16H22N4O.2ClH/c1-13-10-14(2)20(18-13)12-16(21)19(9-8-17)11-15-6-4-3-5-7-15;;/h3-7,10H,8-9,11-12,17H2,1-2H3;2*1H. The highest BCUT2D eigenvalue weighted by Gasteiger charge is 2.15. The molecule has 0 aliphatic heterocycles. The van der Waals surface area contributed by atoms with Crippen molar-refractivity contribution in [3.63, 3.8) is 0 Å². The molecule has 0 saturated carbocycles. The van der Waals surface area contributed by atoms with Crippen LogP contribution in [0.15, 0.2) is 36.4 Å². The Labute approximate surface area is 149 Å². The van der Waals surface area contributed by atoms with E-state index in [9.17, 15) is 4.79 Å². The molecule has 2 aromatic rings. The molecule has 0 aliphatic rings. The number of carbonyl (C=O) groups excluding carboxylic acids is 1. The van der Waals surface area contributed by atoms with E-state index in [-0.39, 0.29) is 37.3 Å². The molecule has 23 heavy (non-hydrogen) atoms. The largest absolute Gasteiger partial charge is 0.335 e. The van der Waals surface area contributed by atoms with Gasteiger partial charge in [-0.25, -0.2) is 0 Å². The molecule has 1 aromatic heterocycles. The number of halogens is 2. The molecule has 0 fully saturated rings. The van der Waals surface area contributed by atoms with Gasteiger partial charge < -0.3 is 10.6 Å². The van der Waals surface area contributed by atoms with E-state index in [1.807, 2.05) is 50.2 Å². The fourth-order valence-electron chi connectivity index (χ4n) is 2.31. The van der Waals surface area contributed by atoms with Crippen molar-refractivity contribution < 1.29 is 4.79 Å². The molecule has 1 heterocycles. The molecule has 1 aromatic carbocycles. The number of nitrogens with zero attached hydrogens (tertiary/aromatic N) is 3. The van der Waals surface area contributed by atoms with Gasteiger partial charge >= 0.3 is 0 Å². The summed E-state index contributed by atoms with van der Waals surface area (Å²) >= 11 is 0. The van der Waals surface area contributed by atoms with Gasteiger partial charge in [-0.1, -0.05) is 30.3 Å². The highest BCUT2D eigenvalue weighted by Crippen LogP contribution is 2.07. The van der Waals surface area contributed by atoms with Crippen molar-refractivity contribution in [2.75, 3.05) is 13.1 Å². The number of carbonyl (C=O) groups is 1. The van der Waals surface area contributed by atoms with Crippen molar-refractivity contribution in [3.8, 4) is 0 Å². The minimum Gasteiger partial charge on any atom is -0.335 e. The number of amides is 1. The molecule has 0 unspecified atom stereocenters. The van der Waals surface area contributed by atoms with E-state index >= 15 is 0 Å². The first-order chi connectivity index (χ1) is 10.1. The van der Waals surface area contributed by atoms with Gasteiger partial charge in [-0.3, -0.25) is 9.48 Å². The van der Waals surface area contributed by atoms with Crippen molar-refractivity contribution in [2.24, 2.45) is 5.73 Å². The predicted molar refractivity (Wildman–Crippen MR) is 97.1 cm³/mol. The van der Waals surface area contributed by atoms with Crippen molar-refractivity contribution in [2.45, 2.75) is 26.9 Å². The molecule has 2 rings (SSSR count). The Kier molecular flexibility index (Phi) is 9.56. The Morgan fingerprint density at radius 2 is 1.87 bits per heavy atom. The van der Waals surface area contributed by atoms with Crippen LogP contribution in [0.4, 0.5) is 0 Å². The molecule has 0 aliphatic carbocycles. The highest BCUT2D eigenvalue weighted by molar-refractivity contribution is 5.85. The summed E-state index contributed by atoms with van der Waals surface area (Å²) in [6, 6.07) is 11.9. The number of rotatable bonds is 6. The van der Waals surface area contributed by atoms with Crippen LogP contribution in [-0.2, 0) is 17.9 Å². The average Bonchev–Trinajstić information content (AvgIpc) is 2.77. The van der Waals surface area contributed by atoms with E-state index in [0.717, 1.165) is 17.0 Å². The van der Waals surface area contributed by atoms with E-state index in [0.29, 0.717) is 19.6 Å². The summed E-state index contributed by atoms with van der Waals surface area (Å²) in [6.07, 6.45) is 0. The molecule has 5 nitrogen and oxygen atoms in total. The van der Waals surface area contributed by atoms with Gasteiger partial charge in [0.2, 0.25) is 5.91 Å². The molecule has 0 spiro atoms. The molecule has 2 N–H and O–H groups in total. The third kappa shape index (κ3) is 6.22. The van der Waals surface area contributed by atoms with Gasteiger partial charge in [0.1, 0.15) is 6.54 Å². The van der Waals surface area contributed by atoms with Crippen molar-refractivity contribution in [1.82, 2.24) is 14.7 Å². The molecule has 0 bridgehead atoms. The zero-order valence-corrected chi connectivity index (χ0v) is 15.1. The van der Waals surface area contributed by atoms with Crippen molar-refractivity contribution in [3.05, 3.63) is 53.3 Å². The number of benzene rings is 1. The second kappa shape index (κ2) is 10.3. The summed E-state index contributed by atoms with van der Waals surface area (Å²) in [5, 5.41) is 4.34. The molecule has 0 saturated heterocycles. The summed E-state index contributed by atoms with van der Waals surface area (Å²) in [7, 11) is 0. The van der Waals surface area contributed by atoms with E-state index < -0.39 is 0 Å². The summed E-state index contributed by atoms with van der Waals surface area (Å²) < 4.78 is 1.74. The molecule has 0 radical (unpaired) electrons. The number of aryl methyl sites for hydroxylation is 2. The quantitative estimate of drug-likeness (QED) is 0.861. The third-order valence-corrected chi connectivity index (χ3v) is 3.36. The second-order valence-corrected chi connectivity index (χ2v) is 5.17. The summed E-state index contributed by atoms with van der Waals surface area (Å²) in [6.45, 7) is 5.72. The van der Waals surface area contributed by atoms with Crippen LogP contribution in [0.2, 0.25) is 0 Å². The first-order valence-electron chi connectivity index (χ1n) is 7.13. The lowest BCUT2D eigenvalue weighted by molar-refractivity contribution is -0.132. The van der Waals surface area contributed by atoms with E-state index in [4.69, 9.17) is 5.73 Å².